The summed E-state index contributed by atoms with van der Waals surface area (Å²) in [7, 11) is 0. The molecule has 0 amide bonds. The maximum absolute atomic E-state index is 9.93. The zero-order chi connectivity index (χ0) is 14.4. The van der Waals surface area contributed by atoms with Gasteiger partial charge in [-0.05, 0) is 48.9 Å². The molecule has 1 aromatic rings. The molecule has 1 atom stereocenters. The second kappa shape index (κ2) is 7.43. The number of ether oxygens (including phenoxy) is 1. The summed E-state index contributed by atoms with van der Waals surface area (Å²) < 4.78 is 6.59. The quantitative estimate of drug-likeness (QED) is 0.761. The lowest BCUT2D eigenvalue weighted by molar-refractivity contribution is 0.0869. The number of benzene rings is 1. The molecular weight excluding hydrogens is 318 g/mol. The van der Waals surface area contributed by atoms with Crippen LogP contribution in [0.4, 0.5) is 0 Å². The second-order valence-electron chi connectivity index (χ2n) is 5.76. The highest BCUT2D eigenvalue weighted by Gasteiger charge is 2.34. The van der Waals surface area contributed by atoms with E-state index in [1.54, 1.807) is 0 Å². The zero-order valence-electron chi connectivity index (χ0n) is 12.1. The summed E-state index contributed by atoms with van der Waals surface area (Å²) in [5.41, 5.74) is 0.492. The van der Waals surface area contributed by atoms with Crippen molar-refractivity contribution in [2.24, 2.45) is 5.41 Å². The van der Waals surface area contributed by atoms with Gasteiger partial charge >= 0.3 is 0 Å². The maximum Gasteiger partial charge on any atom is 0.119 e. The molecule has 0 spiro atoms. The van der Waals surface area contributed by atoms with E-state index in [1.807, 2.05) is 24.3 Å². The molecule has 0 radical (unpaired) electrons. The average molecular weight is 342 g/mol. The van der Waals surface area contributed by atoms with Crippen molar-refractivity contribution in [2.75, 3.05) is 19.7 Å². The van der Waals surface area contributed by atoms with Gasteiger partial charge in [0.2, 0.25) is 0 Å². The molecule has 4 heteroatoms. The molecule has 2 rings (SSSR count). The van der Waals surface area contributed by atoms with Gasteiger partial charge in [0.25, 0.3) is 0 Å². The molecule has 1 saturated carbocycles. The van der Waals surface area contributed by atoms with E-state index in [9.17, 15) is 5.11 Å². The monoisotopic (exact) mass is 341 g/mol. The number of hydrogen-bond acceptors (Lipinski definition) is 3. The minimum absolute atomic E-state index is 0.327. The average Bonchev–Trinajstić information content (AvgIpc) is 2.41. The van der Waals surface area contributed by atoms with Crippen LogP contribution in [0.5, 0.6) is 5.75 Å². The molecule has 20 heavy (non-hydrogen) atoms. The fourth-order valence-electron chi connectivity index (χ4n) is 2.62. The standard InChI is InChI=1S/C16H24BrNO2/c1-2-16(8-3-9-16)12-18-10-14(19)11-20-15-6-4-13(17)5-7-15/h4-7,14,18-19H,2-3,8-12H2,1H3. The van der Waals surface area contributed by atoms with Crippen LogP contribution in [0.2, 0.25) is 0 Å². The molecule has 0 heterocycles. The van der Waals surface area contributed by atoms with Crippen LogP contribution in [0.25, 0.3) is 0 Å². The molecule has 3 nitrogen and oxygen atoms in total. The highest BCUT2D eigenvalue weighted by atomic mass is 79.9. The first kappa shape index (κ1) is 15.8. The van der Waals surface area contributed by atoms with Crippen molar-refractivity contribution in [2.45, 2.75) is 38.7 Å². The Labute approximate surface area is 129 Å². The van der Waals surface area contributed by atoms with Gasteiger partial charge in [-0.25, -0.2) is 0 Å². The Kier molecular flexibility index (Phi) is 5.87. The smallest absolute Gasteiger partial charge is 0.119 e. The van der Waals surface area contributed by atoms with Gasteiger partial charge < -0.3 is 15.2 Å². The molecule has 1 aromatic carbocycles. The molecule has 1 fully saturated rings. The Bertz CT molecular complexity index is 398. The van der Waals surface area contributed by atoms with Crippen LogP contribution in [0, 0.1) is 5.41 Å². The number of rotatable bonds is 8. The fraction of sp³-hybridized carbons (Fsp3) is 0.625. The summed E-state index contributed by atoms with van der Waals surface area (Å²) in [6, 6.07) is 7.65. The third-order valence-electron chi connectivity index (χ3n) is 4.30. The lowest BCUT2D eigenvalue weighted by atomic mass is 9.67. The molecule has 1 aliphatic carbocycles. The lowest BCUT2D eigenvalue weighted by Crippen LogP contribution is -2.42. The van der Waals surface area contributed by atoms with Crippen LogP contribution in [0.1, 0.15) is 32.6 Å². The predicted octanol–water partition coefficient (Wildman–Crippen LogP) is 3.36. The maximum atomic E-state index is 9.93. The van der Waals surface area contributed by atoms with Crippen LogP contribution in [0.15, 0.2) is 28.7 Å². The Morgan fingerprint density at radius 1 is 1.35 bits per heavy atom. The number of aliphatic hydroxyl groups is 1. The molecule has 0 aliphatic heterocycles. The number of nitrogens with one attached hydrogen (secondary N) is 1. The minimum atomic E-state index is -0.465. The van der Waals surface area contributed by atoms with E-state index in [2.05, 4.69) is 28.2 Å². The van der Waals surface area contributed by atoms with Crippen LogP contribution < -0.4 is 10.1 Å². The van der Waals surface area contributed by atoms with E-state index < -0.39 is 6.10 Å². The van der Waals surface area contributed by atoms with Crippen molar-refractivity contribution < 1.29 is 9.84 Å². The number of halogens is 1. The van der Waals surface area contributed by atoms with Crippen molar-refractivity contribution in [3.8, 4) is 5.75 Å². The van der Waals surface area contributed by atoms with Crippen LogP contribution >= 0.6 is 15.9 Å². The number of aliphatic hydroxyl groups excluding tert-OH is 1. The van der Waals surface area contributed by atoms with Crippen molar-refractivity contribution in [1.29, 1.82) is 0 Å². The molecular formula is C16H24BrNO2. The Balaban J connectivity index is 1.63. The van der Waals surface area contributed by atoms with Gasteiger partial charge in [0.1, 0.15) is 18.5 Å². The Morgan fingerprint density at radius 2 is 2.05 bits per heavy atom. The van der Waals surface area contributed by atoms with E-state index in [-0.39, 0.29) is 0 Å². The van der Waals surface area contributed by atoms with Gasteiger partial charge in [0, 0.05) is 17.6 Å². The van der Waals surface area contributed by atoms with Crippen LogP contribution in [0.3, 0.4) is 0 Å². The highest BCUT2D eigenvalue weighted by molar-refractivity contribution is 9.10. The van der Waals surface area contributed by atoms with Crippen molar-refractivity contribution >= 4 is 15.9 Å². The highest BCUT2D eigenvalue weighted by Crippen LogP contribution is 2.42. The third kappa shape index (κ3) is 4.47. The number of hydrogen-bond donors (Lipinski definition) is 2. The first-order chi connectivity index (χ1) is 9.63. The van der Waals surface area contributed by atoms with Crippen molar-refractivity contribution in [1.82, 2.24) is 5.32 Å². The topological polar surface area (TPSA) is 41.5 Å². The van der Waals surface area contributed by atoms with Gasteiger partial charge in [0.15, 0.2) is 0 Å². The normalized spacial score (nSPS) is 18.4. The van der Waals surface area contributed by atoms with E-state index in [4.69, 9.17) is 4.74 Å². The van der Waals surface area contributed by atoms with E-state index in [0.29, 0.717) is 18.6 Å². The van der Waals surface area contributed by atoms with Gasteiger partial charge in [-0.1, -0.05) is 29.3 Å². The Morgan fingerprint density at radius 3 is 2.60 bits per heavy atom. The molecule has 112 valence electrons. The molecule has 1 aliphatic rings. The van der Waals surface area contributed by atoms with Crippen LogP contribution in [-0.4, -0.2) is 30.9 Å². The lowest BCUT2D eigenvalue weighted by Gasteiger charge is -2.41. The first-order valence-electron chi connectivity index (χ1n) is 7.41. The van der Waals surface area contributed by atoms with Gasteiger partial charge in [-0.3, -0.25) is 0 Å². The molecule has 0 bridgehead atoms. The van der Waals surface area contributed by atoms with E-state index in [1.165, 1.54) is 25.7 Å². The second-order valence-corrected chi connectivity index (χ2v) is 6.67. The fourth-order valence-corrected chi connectivity index (χ4v) is 2.88. The zero-order valence-corrected chi connectivity index (χ0v) is 13.7. The van der Waals surface area contributed by atoms with Gasteiger partial charge in [0.05, 0.1) is 0 Å². The molecule has 0 saturated heterocycles. The van der Waals surface area contributed by atoms with E-state index >= 15 is 0 Å². The predicted molar refractivity (Wildman–Crippen MR) is 85.1 cm³/mol. The molecule has 2 N–H and O–H groups in total. The largest absolute Gasteiger partial charge is 0.491 e. The van der Waals surface area contributed by atoms with Crippen LogP contribution in [-0.2, 0) is 0 Å². The summed E-state index contributed by atoms with van der Waals surface area (Å²) in [5, 5.41) is 13.3. The van der Waals surface area contributed by atoms with Gasteiger partial charge in [-0.15, -0.1) is 0 Å². The van der Waals surface area contributed by atoms with Crippen molar-refractivity contribution in [3.63, 3.8) is 0 Å². The summed E-state index contributed by atoms with van der Waals surface area (Å²) in [4.78, 5) is 0. The third-order valence-corrected chi connectivity index (χ3v) is 4.83. The minimum Gasteiger partial charge on any atom is -0.491 e. The van der Waals surface area contributed by atoms with Gasteiger partial charge in [-0.2, -0.15) is 0 Å². The SMILES string of the molecule is CCC1(CNCC(O)COc2ccc(Br)cc2)CCC1. The van der Waals surface area contributed by atoms with Crippen molar-refractivity contribution in [3.05, 3.63) is 28.7 Å². The summed E-state index contributed by atoms with van der Waals surface area (Å²) in [6.45, 7) is 4.19. The molecule has 0 aromatic heterocycles. The summed E-state index contributed by atoms with van der Waals surface area (Å²) in [5.74, 6) is 0.788. The Hall–Kier alpha value is -0.580. The van der Waals surface area contributed by atoms with E-state index in [0.717, 1.165) is 16.8 Å². The first-order valence-corrected chi connectivity index (χ1v) is 8.20. The summed E-state index contributed by atoms with van der Waals surface area (Å²) >= 11 is 3.38. The summed E-state index contributed by atoms with van der Waals surface area (Å²) in [6.07, 6.45) is 4.76. The molecule has 1 unspecified atom stereocenters.